The minimum absolute atomic E-state index is 0.131. The summed E-state index contributed by atoms with van der Waals surface area (Å²) in [6, 6.07) is 9.05. The first kappa shape index (κ1) is 11.0. The SMILES string of the molecule is O=c1cc(O)cc(C=Cc2ccccc2O)o1. The minimum atomic E-state index is -0.623. The molecular weight excluding hydrogens is 220 g/mol. The van der Waals surface area contributed by atoms with Crippen molar-refractivity contribution in [3.8, 4) is 11.5 Å². The Morgan fingerprint density at radius 1 is 1.06 bits per heavy atom. The van der Waals surface area contributed by atoms with Crippen LogP contribution in [0.15, 0.2) is 45.6 Å². The van der Waals surface area contributed by atoms with Gasteiger partial charge in [0.25, 0.3) is 0 Å². The molecule has 1 aromatic heterocycles. The third-order valence-electron chi connectivity index (χ3n) is 2.14. The summed E-state index contributed by atoms with van der Waals surface area (Å²) in [5.74, 6) is 0.197. The topological polar surface area (TPSA) is 70.7 Å². The fourth-order valence-corrected chi connectivity index (χ4v) is 1.37. The molecule has 2 aromatic rings. The lowest BCUT2D eigenvalue weighted by Crippen LogP contribution is -1.95. The zero-order valence-electron chi connectivity index (χ0n) is 8.83. The summed E-state index contributed by atoms with van der Waals surface area (Å²) < 4.78 is 4.84. The van der Waals surface area contributed by atoms with Crippen LogP contribution in [0.3, 0.4) is 0 Å². The molecule has 0 aliphatic rings. The normalized spacial score (nSPS) is 10.8. The molecule has 0 radical (unpaired) electrons. The number of rotatable bonds is 2. The van der Waals surface area contributed by atoms with Gasteiger partial charge in [0, 0.05) is 11.6 Å². The Labute approximate surface area is 97.1 Å². The predicted octanol–water partition coefficient (Wildman–Crippen LogP) is 2.22. The molecule has 4 heteroatoms. The fraction of sp³-hybridized carbons (Fsp3) is 0. The van der Waals surface area contributed by atoms with Gasteiger partial charge in [0.1, 0.15) is 17.3 Å². The first-order chi connectivity index (χ1) is 8.15. The smallest absolute Gasteiger partial charge is 0.339 e. The standard InChI is InChI=1S/C13H10O4/c14-10-7-11(17-13(16)8-10)6-5-9-3-1-2-4-12(9)15/h1-8,14-15H. The second kappa shape index (κ2) is 4.57. The molecule has 0 amide bonds. The van der Waals surface area contributed by atoms with Crippen LogP contribution < -0.4 is 5.63 Å². The van der Waals surface area contributed by atoms with E-state index in [0.717, 1.165) is 6.07 Å². The summed E-state index contributed by atoms with van der Waals surface area (Å²) >= 11 is 0. The number of phenolic OH excluding ortho intramolecular Hbond substituents is 1. The molecule has 2 N–H and O–H groups in total. The van der Waals surface area contributed by atoms with Crippen LogP contribution in [0.4, 0.5) is 0 Å². The van der Waals surface area contributed by atoms with Crippen molar-refractivity contribution < 1.29 is 14.6 Å². The summed E-state index contributed by atoms with van der Waals surface area (Å²) in [6.45, 7) is 0. The molecule has 0 atom stereocenters. The van der Waals surface area contributed by atoms with Crippen LogP contribution in [0, 0.1) is 0 Å². The van der Waals surface area contributed by atoms with Crippen molar-refractivity contribution in [1.82, 2.24) is 0 Å². The highest BCUT2D eigenvalue weighted by atomic mass is 16.4. The molecular formula is C13H10O4. The van der Waals surface area contributed by atoms with E-state index in [-0.39, 0.29) is 17.3 Å². The van der Waals surface area contributed by atoms with E-state index in [1.54, 1.807) is 30.3 Å². The third-order valence-corrected chi connectivity index (χ3v) is 2.14. The molecule has 1 heterocycles. The molecule has 0 bridgehead atoms. The van der Waals surface area contributed by atoms with Crippen molar-refractivity contribution in [3.63, 3.8) is 0 Å². The van der Waals surface area contributed by atoms with E-state index in [0.29, 0.717) is 5.56 Å². The van der Waals surface area contributed by atoms with Crippen molar-refractivity contribution in [1.29, 1.82) is 0 Å². The van der Waals surface area contributed by atoms with Gasteiger partial charge in [-0.1, -0.05) is 18.2 Å². The second-order valence-electron chi connectivity index (χ2n) is 3.43. The van der Waals surface area contributed by atoms with Crippen LogP contribution in [0.25, 0.3) is 12.2 Å². The van der Waals surface area contributed by atoms with Gasteiger partial charge in [-0.15, -0.1) is 0 Å². The van der Waals surface area contributed by atoms with Gasteiger partial charge >= 0.3 is 5.63 Å². The number of aromatic hydroxyl groups is 2. The van der Waals surface area contributed by atoms with Crippen LogP contribution in [-0.4, -0.2) is 10.2 Å². The maximum Gasteiger partial charge on any atom is 0.339 e. The van der Waals surface area contributed by atoms with Crippen LogP contribution in [0.1, 0.15) is 11.3 Å². The van der Waals surface area contributed by atoms with Gasteiger partial charge < -0.3 is 14.6 Å². The van der Waals surface area contributed by atoms with Gasteiger partial charge in [0.15, 0.2) is 0 Å². The van der Waals surface area contributed by atoms with E-state index < -0.39 is 5.63 Å². The number of hydrogen-bond acceptors (Lipinski definition) is 4. The third kappa shape index (κ3) is 2.75. The fourth-order valence-electron chi connectivity index (χ4n) is 1.37. The molecule has 0 aliphatic heterocycles. The van der Waals surface area contributed by atoms with E-state index in [9.17, 15) is 15.0 Å². The van der Waals surface area contributed by atoms with Crippen molar-refractivity contribution in [3.05, 3.63) is 58.1 Å². The summed E-state index contributed by atoms with van der Waals surface area (Å²) in [5.41, 5.74) is -0.0274. The molecule has 1 aromatic carbocycles. The molecule has 86 valence electrons. The molecule has 17 heavy (non-hydrogen) atoms. The summed E-state index contributed by atoms with van der Waals surface area (Å²) in [7, 11) is 0. The van der Waals surface area contributed by atoms with Crippen LogP contribution in [0.5, 0.6) is 11.5 Å². The van der Waals surface area contributed by atoms with Gasteiger partial charge in [-0.05, 0) is 18.2 Å². The van der Waals surface area contributed by atoms with E-state index in [2.05, 4.69) is 0 Å². The first-order valence-corrected chi connectivity index (χ1v) is 4.95. The molecule has 2 rings (SSSR count). The molecule has 0 aliphatic carbocycles. The molecule has 0 saturated heterocycles. The van der Waals surface area contributed by atoms with Crippen LogP contribution in [0.2, 0.25) is 0 Å². The summed E-state index contributed by atoms with van der Waals surface area (Å²) in [6.07, 6.45) is 3.09. The molecule has 0 fully saturated rings. The van der Waals surface area contributed by atoms with Gasteiger partial charge in [0.05, 0.1) is 6.07 Å². The quantitative estimate of drug-likeness (QED) is 0.829. The van der Waals surface area contributed by atoms with Gasteiger partial charge in [0.2, 0.25) is 0 Å². The Kier molecular flexibility index (Phi) is 2.96. The Bertz CT molecular complexity index is 611. The first-order valence-electron chi connectivity index (χ1n) is 4.95. The zero-order valence-corrected chi connectivity index (χ0v) is 8.83. The lowest BCUT2D eigenvalue weighted by atomic mass is 10.2. The molecule has 0 unspecified atom stereocenters. The summed E-state index contributed by atoms with van der Waals surface area (Å²) in [5, 5.41) is 18.7. The van der Waals surface area contributed by atoms with E-state index >= 15 is 0 Å². The number of para-hydroxylation sites is 1. The Morgan fingerprint density at radius 2 is 1.82 bits per heavy atom. The number of phenols is 1. The second-order valence-corrected chi connectivity index (χ2v) is 3.43. The summed E-state index contributed by atoms with van der Waals surface area (Å²) in [4.78, 5) is 11.0. The van der Waals surface area contributed by atoms with Gasteiger partial charge in [-0.2, -0.15) is 0 Å². The maximum atomic E-state index is 11.0. The lowest BCUT2D eigenvalue weighted by molar-refractivity contribution is 0.444. The van der Waals surface area contributed by atoms with E-state index in [4.69, 9.17) is 4.42 Å². The lowest BCUT2D eigenvalue weighted by Gasteiger charge is -1.97. The average molecular weight is 230 g/mol. The van der Waals surface area contributed by atoms with Crippen molar-refractivity contribution in [2.75, 3.05) is 0 Å². The molecule has 0 saturated carbocycles. The average Bonchev–Trinajstić information content (AvgIpc) is 2.27. The van der Waals surface area contributed by atoms with Crippen molar-refractivity contribution in [2.24, 2.45) is 0 Å². The molecule has 0 spiro atoms. The van der Waals surface area contributed by atoms with Gasteiger partial charge in [-0.25, -0.2) is 4.79 Å². The van der Waals surface area contributed by atoms with Crippen LogP contribution in [-0.2, 0) is 0 Å². The predicted molar refractivity (Wildman–Crippen MR) is 63.7 cm³/mol. The van der Waals surface area contributed by atoms with E-state index in [1.807, 2.05) is 0 Å². The van der Waals surface area contributed by atoms with Crippen molar-refractivity contribution >= 4 is 12.2 Å². The molecule has 4 nitrogen and oxygen atoms in total. The zero-order chi connectivity index (χ0) is 12.3. The van der Waals surface area contributed by atoms with Gasteiger partial charge in [-0.3, -0.25) is 0 Å². The Hall–Kier alpha value is -2.49. The number of hydrogen-bond donors (Lipinski definition) is 2. The Balaban J connectivity index is 2.32. The highest BCUT2D eigenvalue weighted by molar-refractivity contribution is 5.70. The Morgan fingerprint density at radius 3 is 2.53 bits per heavy atom. The van der Waals surface area contributed by atoms with Crippen molar-refractivity contribution in [2.45, 2.75) is 0 Å². The minimum Gasteiger partial charge on any atom is -0.508 e. The largest absolute Gasteiger partial charge is 0.508 e. The number of benzene rings is 1. The van der Waals surface area contributed by atoms with Crippen LogP contribution >= 0.6 is 0 Å². The monoisotopic (exact) mass is 230 g/mol. The highest BCUT2D eigenvalue weighted by Gasteiger charge is 1.98. The van der Waals surface area contributed by atoms with E-state index in [1.165, 1.54) is 12.1 Å². The highest BCUT2D eigenvalue weighted by Crippen LogP contribution is 2.19. The maximum absolute atomic E-state index is 11.0.